The number of carbonyl (C=O) groups is 1. The van der Waals surface area contributed by atoms with E-state index in [9.17, 15) is 4.79 Å². The molecule has 0 heterocycles. The van der Waals surface area contributed by atoms with E-state index in [4.69, 9.17) is 4.74 Å². The summed E-state index contributed by atoms with van der Waals surface area (Å²) >= 11 is 0. The third kappa shape index (κ3) is 2.66. The maximum absolute atomic E-state index is 12.0. The summed E-state index contributed by atoms with van der Waals surface area (Å²) in [7, 11) is 0. The molecule has 0 spiro atoms. The molecule has 1 amide bonds. The highest BCUT2D eigenvalue weighted by molar-refractivity contribution is 5.96. The van der Waals surface area contributed by atoms with E-state index in [1.165, 1.54) is 0 Å². The second kappa shape index (κ2) is 5.01. The summed E-state index contributed by atoms with van der Waals surface area (Å²) in [6.07, 6.45) is 2.89. The molecule has 1 aromatic rings. The second-order valence-electron chi connectivity index (χ2n) is 5.12. The van der Waals surface area contributed by atoms with Gasteiger partial charge in [0.1, 0.15) is 5.75 Å². The Morgan fingerprint density at radius 3 is 2.67 bits per heavy atom. The first-order valence-electron chi connectivity index (χ1n) is 6.66. The van der Waals surface area contributed by atoms with Gasteiger partial charge in [-0.05, 0) is 49.9 Å². The Hall–Kier alpha value is -1.51. The van der Waals surface area contributed by atoms with Gasteiger partial charge in [0.25, 0.3) is 0 Å². The summed E-state index contributed by atoms with van der Waals surface area (Å²) < 4.78 is 5.55. The van der Waals surface area contributed by atoms with Gasteiger partial charge in [-0.3, -0.25) is 4.79 Å². The first-order chi connectivity index (χ1) is 8.59. The maximum Gasteiger partial charge on any atom is 0.230 e. The van der Waals surface area contributed by atoms with Crippen LogP contribution in [0, 0.1) is 5.41 Å². The number of anilines is 1. The van der Waals surface area contributed by atoms with Crippen LogP contribution in [0.2, 0.25) is 0 Å². The third-order valence-corrected chi connectivity index (χ3v) is 3.55. The largest absolute Gasteiger partial charge is 0.494 e. The van der Waals surface area contributed by atoms with Gasteiger partial charge in [-0.25, -0.2) is 0 Å². The van der Waals surface area contributed by atoms with Crippen LogP contribution in [-0.4, -0.2) is 12.5 Å². The Kier molecular flexibility index (Phi) is 3.60. The normalized spacial score (nSPS) is 16.2. The highest BCUT2D eigenvalue weighted by atomic mass is 16.5. The number of aryl methyl sites for hydroxylation is 1. The molecule has 1 aliphatic rings. The van der Waals surface area contributed by atoms with E-state index < -0.39 is 0 Å². The zero-order chi connectivity index (χ0) is 13.2. The Balaban J connectivity index is 2.11. The summed E-state index contributed by atoms with van der Waals surface area (Å²) in [6, 6.07) is 5.86. The van der Waals surface area contributed by atoms with Crippen LogP contribution in [0.25, 0.3) is 0 Å². The van der Waals surface area contributed by atoms with Crippen molar-refractivity contribution in [2.45, 2.75) is 40.0 Å². The Morgan fingerprint density at radius 1 is 1.39 bits per heavy atom. The number of nitrogens with one attached hydrogen (secondary N) is 1. The van der Waals surface area contributed by atoms with Gasteiger partial charge in [0.05, 0.1) is 6.61 Å². The van der Waals surface area contributed by atoms with Gasteiger partial charge in [-0.15, -0.1) is 0 Å². The lowest BCUT2D eigenvalue weighted by molar-refractivity contribution is -0.120. The van der Waals surface area contributed by atoms with Crippen molar-refractivity contribution in [1.29, 1.82) is 0 Å². The van der Waals surface area contributed by atoms with Crippen LogP contribution in [0.1, 0.15) is 39.2 Å². The molecule has 0 atom stereocenters. The van der Waals surface area contributed by atoms with E-state index in [1.54, 1.807) is 0 Å². The molecule has 1 aromatic carbocycles. The topological polar surface area (TPSA) is 38.3 Å². The van der Waals surface area contributed by atoms with Crippen molar-refractivity contribution in [2.24, 2.45) is 5.41 Å². The molecule has 1 fully saturated rings. The SMILES string of the molecule is CCOc1ccc(NC(=O)C2(C)CC2)cc1CC. The second-order valence-corrected chi connectivity index (χ2v) is 5.12. The molecule has 18 heavy (non-hydrogen) atoms. The van der Waals surface area contributed by atoms with Crippen molar-refractivity contribution in [3.8, 4) is 5.75 Å². The molecule has 0 unspecified atom stereocenters. The van der Waals surface area contributed by atoms with Crippen molar-refractivity contribution >= 4 is 11.6 Å². The standard InChI is InChI=1S/C15H21NO2/c1-4-11-10-12(6-7-13(11)18-5-2)16-14(17)15(3)8-9-15/h6-7,10H,4-5,8-9H2,1-3H3,(H,16,17). The van der Waals surface area contributed by atoms with Crippen molar-refractivity contribution in [3.05, 3.63) is 23.8 Å². The number of amides is 1. The minimum Gasteiger partial charge on any atom is -0.494 e. The van der Waals surface area contributed by atoms with Gasteiger partial charge in [0.15, 0.2) is 0 Å². The first kappa shape index (κ1) is 12.9. The van der Waals surface area contributed by atoms with Crippen molar-refractivity contribution in [3.63, 3.8) is 0 Å². The molecule has 1 aliphatic carbocycles. The predicted molar refractivity (Wildman–Crippen MR) is 73.0 cm³/mol. The smallest absolute Gasteiger partial charge is 0.230 e. The Bertz CT molecular complexity index is 450. The van der Waals surface area contributed by atoms with Crippen molar-refractivity contribution in [2.75, 3.05) is 11.9 Å². The highest BCUT2D eigenvalue weighted by Gasteiger charge is 2.44. The fourth-order valence-corrected chi connectivity index (χ4v) is 1.93. The van der Waals surface area contributed by atoms with Crippen molar-refractivity contribution in [1.82, 2.24) is 0 Å². The quantitative estimate of drug-likeness (QED) is 0.866. The summed E-state index contributed by atoms with van der Waals surface area (Å²) in [5, 5.41) is 2.99. The van der Waals surface area contributed by atoms with Gasteiger partial charge in [0.2, 0.25) is 5.91 Å². The average Bonchev–Trinajstić information content (AvgIpc) is 3.11. The van der Waals surface area contributed by atoms with Gasteiger partial charge >= 0.3 is 0 Å². The third-order valence-electron chi connectivity index (χ3n) is 3.55. The van der Waals surface area contributed by atoms with E-state index in [-0.39, 0.29) is 11.3 Å². The molecular weight excluding hydrogens is 226 g/mol. The van der Waals surface area contributed by atoms with Crippen LogP contribution >= 0.6 is 0 Å². The molecule has 0 aliphatic heterocycles. The van der Waals surface area contributed by atoms with E-state index in [2.05, 4.69) is 12.2 Å². The zero-order valence-electron chi connectivity index (χ0n) is 11.4. The summed E-state index contributed by atoms with van der Waals surface area (Å²) in [5.41, 5.74) is 1.87. The lowest BCUT2D eigenvalue weighted by atomic mass is 10.1. The van der Waals surface area contributed by atoms with Gasteiger partial charge in [-0.2, -0.15) is 0 Å². The first-order valence-corrected chi connectivity index (χ1v) is 6.66. The molecule has 3 nitrogen and oxygen atoms in total. The minimum absolute atomic E-state index is 0.133. The molecule has 0 radical (unpaired) electrons. The van der Waals surface area contributed by atoms with Gasteiger partial charge < -0.3 is 10.1 Å². The van der Waals surface area contributed by atoms with Gasteiger partial charge in [0, 0.05) is 11.1 Å². The van der Waals surface area contributed by atoms with Crippen LogP contribution in [0.3, 0.4) is 0 Å². The van der Waals surface area contributed by atoms with Crippen LogP contribution < -0.4 is 10.1 Å². The molecule has 2 rings (SSSR count). The lowest BCUT2D eigenvalue weighted by Crippen LogP contribution is -2.21. The van der Waals surface area contributed by atoms with Crippen LogP contribution in [-0.2, 0) is 11.2 Å². The number of benzene rings is 1. The van der Waals surface area contributed by atoms with E-state index in [1.807, 2.05) is 32.0 Å². The predicted octanol–water partition coefficient (Wildman–Crippen LogP) is 3.39. The minimum atomic E-state index is -0.134. The molecule has 1 saturated carbocycles. The maximum atomic E-state index is 12.0. The molecule has 3 heteroatoms. The summed E-state index contributed by atoms with van der Waals surface area (Å²) in [4.78, 5) is 12.0. The van der Waals surface area contributed by atoms with Crippen LogP contribution in [0.15, 0.2) is 18.2 Å². The number of carbonyl (C=O) groups excluding carboxylic acids is 1. The molecule has 0 bridgehead atoms. The molecule has 0 aromatic heterocycles. The fraction of sp³-hybridized carbons (Fsp3) is 0.533. The number of hydrogen-bond acceptors (Lipinski definition) is 2. The molecular formula is C15H21NO2. The van der Waals surface area contributed by atoms with Crippen LogP contribution in [0.4, 0.5) is 5.69 Å². The Morgan fingerprint density at radius 2 is 2.11 bits per heavy atom. The Labute approximate surface area is 109 Å². The van der Waals surface area contributed by atoms with E-state index in [0.29, 0.717) is 6.61 Å². The van der Waals surface area contributed by atoms with Crippen molar-refractivity contribution < 1.29 is 9.53 Å². The van der Waals surface area contributed by atoms with E-state index in [0.717, 1.165) is 36.3 Å². The monoisotopic (exact) mass is 247 g/mol. The number of rotatable bonds is 5. The molecule has 98 valence electrons. The number of hydrogen-bond donors (Lipinski definition) is 1. The average molecular weight is 247 g/mol. The molecule has 0 saturated heterocycles. The zero-order valence-corrected chi connectivity index (χ0v) is 11.4. The summed E-state index contributed by atoms with van der Waals surface area (Å²) in [5.74, 6) is 1.05. The van der Waals surface area contributed by atoms with Gasteiger partial charge in [-0.1, -0.05) is 13.8 Å². The number of ether oxygens (including phenoxy) is 1. The molecule has 1 N–H and O–H groups in total. The van der Waals surface area contributed by atoms with E-state index >= 15 is 0 Å². The summed E-state index contributed by atoms with van der Waals surface area (Å²) in [6.45, 7) is 6.74. The fourth-order valence-electron chi connectivity index (χ4n) is 1.93. The van der Waals surface area contributed by atoms with Crippen LogP contribution in [0.5, 0.6) is 5.75 Å². The lowest BCUT2D eigenvalue weighted by Gasteiger charge is -2.13. The highest BCUT2D eigenvalue weighted by Crippen LogP contribution is 2.45.